The number of pyridine rings is 1. The molecule has 178 valence electrons. The number of methoxy groups -OCH3 is 1. The first-order chi connectivity index (χ1) is 16.3. The Kier molecular flexibility index (Phi) is 8.02. The zero-order chi connectivity index (χ0) is 24.7. The van der Waals surface area contributed by atoms with E-state index in [1.165, 1.54) is 19.2 Å². The van der Waals surface area contributed by atoms with Crippen LogP contribution in [0.2, 0.25) is 0 Å². The SMILES string of the molecule is CCOC(=O)c1c[nH]c(=O)c([C@H](CC(=O)NCc2ccc(F)cc2)c2ccc(OC)cc2)c1O. The molecule has 2 aromatic carbocycles. The number of aromatic amines is 1. The van der Waals surface area contributed by atoms with Crippen molar-refractivity contribution in [2.75, 3.05) is 13.7 Å². The Labute approximate surface area is 195 Å². The van der Waals surface area contributed by atoms with Crippen molar-refractivity contribution in [3.63, 3.8) is 0 Å². The van der Waals surface area contributed by atoms with Gasteiger partial charge in [0.05, 0.1) is 19.3 Å². The molecule has 34 heavy (non-hydrogen) atoms. The fourth-order valence-corrected chi connectivity index (χ4v) is 3.51. The summed E-state index contributed by atoms with van der Waals surface area (Å²) in [7, 11) is 1.51. The molecule has 0 saturated heterocycles. The number of amides is 1. The fourth-order valence-electron chi connectivity index (χ4n) is 3.51. The van der Waals surface area contributed by atoms with E-state index in [9.17, 15) is 23.9 Å². The van der Waals surface area contributed by atoms with Gasteiger partial charge in [0.1, 0.15) is 22.9 Å². The molecule has 1 aromatic heterocycles. The van der Waals surface area contributed by atoms with E-state index in [2.05, 4.69) is 10.3 Å². The van der Waals surface area contributed by atoms with Crippen molar-refractivity contribution in [3.8, 4) is 11.5 Å². The molecule has 3 aromatic rings. The van der Waals surface area contributed by atoms with Gasteiger partial charge in [-0.1, -0.05) is 24.3 Å². The van der Waals surface area contributed by atoms with Crippen LogP contribution in [0.4, 0.5) is 4.39 Å². The van der Waals surface area contributed by atoms with Gasteiger partial charge >= 0.3 is 5.97 Å². The highest BCUT2D eigenvalue weighted by atomic mass is 19.1. The van der Waals surface area contributed by atoms with Crippen molar-refractivity contribution in [1.29, 1.82) is 0 Å². The summed E-state index contributed by atoms with van der Waals surface area (Å²) in [5, 5.41) is 13.6. The van der Waals surface area contributed by atoms with E-state index in [-0.39, 0.29) is 36.5 Å². The van der Waals surface area contributed by atoms with Gasteiger partial charge in [-0.25, -0.2) is 9.18 Å². The molecule has 1 amide bonds. The van der Waals surface area contributed by atoms with E-state index in [0.717, 1.165) is 6.20 Å². The Bertz CT molecular complexity index is 1210. The number of aromatic hydroxyl groups is 1. The Morgan fingerprint density at radius 2 is 1.79 bits per heavy atom. The highest BCUT2D eigenvalue weighted by Crippen LogP contribution is 2.34. The topological polar surface area (TPSA) is 118 Å². The van der Waals surface area contributed by atoms with Gasteiger partial charge in [0.25, 0.3) is 5.56 Å². The number of carbonyl (C=O) groups is 2. The van der Waals surface area contributed by atoms with Crippen LogP contribution in [0.25, 0.3) is 0 Å². The monoisotopic (exact) mass is 468 g/mol. The first-order valence-corrected chi connectivity index (χ1v) is 10.6. The van der Waals surface area contributed by atoms with Crippen LogP contribution < -0.4 is 15.6 Å². The Morgan fingerprint density at radius 3 is 2.41 bits per heavy atom. The molecule has 0 saturated carbocycles. The molecule has 1 heterocycles. The maximum atomic E-state index is 13.1. The van der Waals surface area contributed by atoms with E-state index in [1.54, 1.807) is 43.3 Å². The second-order valence-corrected chi connectivity index (χ2v) is 7.45. The number of esters is 1. The molecular weight excluding hydrogens is 443 g/mol. The van der Waals surface area contributed by atoms with E-state index < -0.39 is 29.1 Å². The number of rotatable bonds is 9. The van der Waals surface area contributed by atoms with Crippen LogP contribution >= 0.6 is 0 Å². The standard InChI is InChI=1S/C25H25FN2O6/c1-3-34-25(32)20-14-28-24(31)22(23(20)30)19(16-6-10-18(33-2)11-7-16)12-21(29)27-13-15-4-8-17(26)9-5-15/h4-11,14,19H,3,12-13H2,1-2H3,(H,27,29)(H2,28,30,31)/t19-/m1/s1. The normalized spacial score (nSPS) is 11.5. The summed E-state index contributed by atoms with van der Waals surface area (Å²) >= 11 is 0. The molecule has 3 N–H and O–H groups in total. The molecule has 8 nitrogen and oxygen atoms in total. The Hall–Kier alpha value is -4.14. The maximum absolute atomic E-state index is 13.1. The van der Waals surface area contributed by atoms with Crippen LogP contribution in [-0.2, 0) is 16.1 Å². The van der Waals surface area contributed by atoms with Gasteiger partial charge in [-0.05, 0) is 42.3 Å². The van der Waals surface area contributed by atoms with Gasteiger partial charge in [0.15, 0.2) is 0 Å². The number of hydrogen-bond donors (Lipinski definition) is 3. The second kappa shape index (κ2) is 11.1. The lowest BCUT2D eigenvalue weighted by atomic mass is 9.87. The lowest BCUT2D eigenvalue weighted by molar-refractivity contribution is -0.121. The minimum atomic E-state index is -0.878. The zero-order valence-electron chi connectivity index (χ0n) is 18.8. The summed E-state index contributed by atoms with van der Waals surface area (Å²) in [6, 6.07) is 12.4. The first-order valence-electron chi connectivity index (χ1n) is 10.6. The van der Waals surface area contributed by atoms with Crippen molar-refractivity contribution in [1.82, 2.24) is 10.3 Å². The minimum Gasteiger partial charge on any atom is -0.506 e. The molecule has 9 heteroatoms. The smallest absolute Gasteiger partial charge is 0.343 e. The molecule has 0 aliphatic carbocycles. The predicted molar refractivity (Wildman–Crippen MR) is 122 cm³/mol. The van der Waals surface area contributed by atoms with E-state index in [0.29, 0.717) is 16.9 Å². The lowest BCUT2D eigenvalue weighted by Crippen LogP contribution is -2.27. The van der Waals surface area contributed by atoms with Crippen LogP contribution in [0.15, 0.2) is 59.5 Å². The third-order valence-electron chi connectivity index (χ3n) is 5.26. The molecular formula is C25H25FN2O6. The third kappa shape index (κ3) is 5.80. The van der Waals surface area contributed by atoms with Gasteiger partial charge < -0.3 is 24.9 Å². The molecule has 0 bridgehead atoms. The van der Waals surface area contributed by atoms with Crippen LogP contribution in [-0.4, -0.2) is 35.7 Å². The zero-order valence-corrected chi connectivity index (χ0v) is 18.8. The Morgan fingerprint density at radius 1 is 1.12 bits per heavy atom. The van der Waals surface area contributed by atoms with Gasteiger partial charge in [0.2, 0.25) is 5.91 Å². The number of carbonyl (C=O) groups excluding carboxylic acids is 2. The average molecular weight is 468 g/mol. The van der Waals surface area contributed by atoms with Crippen molar-refractivity contribution in [3.05, 3.63) is 93.2 Å². The van der Waals surface area contributed by atoms with Crippen molar-refractivity contribution in [2.45, 2.75) is 25.8 Å². The largest absolute Gasteiger partial charge is 0.506 e. The highest BCUT2D eigenvalue weighted by Gasteiger charge is 2.28. The molecule has 0 fully saturated rings. The number of hydrogen-bond acceptors (Lipinski definition) is 6. The fraction of sp³-hybridized carbons (Fsp3) is 0.240. The van der Waals surface area contributed by atoms with E-state index >= 15 is 0 Å². The molecule has 0 spiro atoms. The van der Waals surface area contributed by atoms with Crippen LogP contribution in [0.3, 0.4) is 0 Å². The number of ether oxygens (including phenoxy) is 2. The summed E-state index contributed by atoms with van der Waals surface area (Å²) < 4.78 is 23.2. The van der Waals surface area contributed by atoms with Crippen LogP contribution in [0.5, 0.6) is 11.5 Å². The quantitative estimate of drug-likeness (QED) is 0.415. The van der Waals surface area contributed by atoms with Crippen molar-refractivity contribution < 1.29 is 28.6 Å². The van der Waals surface area contributed by atoms with Gasteiger partial charge in [-0.3, -0.25) is 9.59 Å². The molecule has 0 aliphatic heterocycles. The van der Waals surface area contributed by atoms with Crippen molar-refractivity contribution >= 4 is 11.9 Å². The number of halogens is 1. The summed E-state index contributed by atoms with van der Waals surface area (Å²) in [6.07, 6.45) is 0.884. The highest BCUT2D eigenvalue weighted by molar-refractivity contribution is 5.92. The van der Waals surface area contributed by atoms with Gasteiger partial charge in [-0.2, -0.15) is 0 Å². The number of H-pyrrole nitrogens is 1. The summed E-state index contributed by atoms with van der Waals surface area (Å²) in [6.45, 7) is 1.85. The number of benzene rings is 2. The molecule has 1 atom stereocenters. The Balaban J connectivity index is 1.95. The number of aromatic nitrogens is 1. The molecule has 0 radical (unpaired) electrons. The summed E-state index contributed by atoms with van der Waals surface area (Å²) in [5.74, 6) is -2.45. The van der Waals surface area contributed by atoms with Crippen molar-refractivity contribution in [2.24, 2.45) is 0 Å². The maximum Gasteiger partial charge on any atom is 0.343 e. The van der Waals surface area contributed by atoms with Crippen LogP contribution in [0, 0.1) is 5.82 Å². The first kappa shape index (κ1) is 24.5. The molecule has 0 aliphatic rings. The van der Waals surface area contributed by atoms with Gasteiger partial charge in [-0.15, -0.1) is 0 Å². The van der Waals surface area contributed by atoms with Gasteiger partial charge in [0, 0.05) is 25.1 Å². The second-order valence-electron chi connectivity index (χ2n) is 7.45. The van der Waals surface area contributed by atoms with E-state index in [4.69, 9.17) is 9.47 Å². The summed E-state index contributed by atoms with van der Waals surface area (Å²) in [4.78, 5) is 40.3. The molecule has 3 rings (SSSR count). The molecule has 0 unspecified atom stereocenters. The average Bonchev–Trinajstić information content (AvgIpc) is 2.83. The third-order valence-corrected chi connectivity index (χ3v) is 5.26. The van der Waals surface area contributed by atoms with E-state index in [1.807, 2.05) is 0 Å². The van der Waals surface area contributed by atoms with Crippen LogP contribution in [0.1, 0.15) is 46.3 Å². The minimum absolute atomic E-state index is 0.0838. The predicted octanol–water partition coefficient (Wildman–Crippen LogP) is 3.24. The lowest BCUT2D eigenvalue weighted by Gasteiger charge is -2.19. The summed E-state index contributed by atoms with van der Waals surface area (Å²) in [5.41, 5.74) is 0.271. The number of nitrogens with one attached hydrogen (secondary N) is 2.